The van der Waals surface area contributed by atoms with Crippen molar-refractivity contribution in [3.05, 3.63) is 64.3 Å². The maximum Gasteiger partial charge on any atom is 0.269 e. The number of anilines is 2. The summed E-state index contributed by atoms with van der Waals surface area (Å²) >= 11 is 0. The van der Waals surface area contributed by atoms with Gasteiger partial charge in [0, 0.05) is 28.7 Å². The molecule has 6 nitrogen and oxygen atoms in total. The second-order valence-corrected chi connectivity index (χ2v) is 4.51. The number of nitro benzene ring substituents is 1. The molecule has 2 N–H and O–H groups in total. The number of fused-ring (bicyclic) bond motifs is 1. The summed E-state index contributed by atoms with van der Waals surface area (Å²) in [7, 11) is 0. The van der Waals surface area contributed by atoms with Crippen molar-refractivity contribution in [1.29, 1.82) is 0 Å². The minimum absolute atomic E-state index is 0.0232. The number of aldehydes is 1. The fourth-order valence-corrected chi connectivity index (χ4v) is 2.20. The monoisotopic (exact) mass is 281 g/mol. The van der Waals surface area contributed by atoms with E-state index in [4.69, 9.17) is 0 Å². The maximum absolute atomic E-state index is 11.2. The van der Waals surface area contributed by atoms with Crippen LogP contribution in [0.3, 0.4) is 0 Å². The minimum Gasteiger partial charge on any atom is -0.353 e. The summed E-state index contributed by atoms with van der Waals surface area (Å²) in [4.78, 5) is 24.4. The van der Waals surface area contributed by atoms with Crippen molar-refractivity contribution in [1.82, 2.24) is 4.98 Å². The molecule has 0 saturated heterocycles. The van der Waals surface area contributed by atoms with E-state index in [2.05, 4.69) is 10.3 Å². The van der Waals surface area contributed by atoms with Gasteiger partial charge in [-0.25, -0.2) is 0 Å². The molecule has 3 aromatic rings. The molecule has 0 aliphatic rings. The highest BCUT2D eigenvalue weighted by atomic mass is 16.6. The van der Waals surface area contributed by atoms with E-state index in [0.29, 0.717) is 17.1 Å². The van der Waals surface area contributed by atoms with Gasteiger partial charge in [-0.05, 0) is 18.2 Å². The summed E-state index contributed by atoms with van der Waals surface area (Å²) < 4.78 is 0. The smallest absolute Gasteiger partial charge is 0.269 e. The van der Waals surface area contributed by atoms with Crippen molar-refractivity contribution in [2.24, 2.45) is 0 Å². The number of hydrogen-bond acceptors (Lipinski definition) is 4. The molecule has 0 fully saturated rings. The summed E-state index contributed by atoms with van der Waals surface area (Å²) in [6, 6.07) is 13.6. The van der Waals surface area contributed by atoms with Crippen LogP contribution in [0.5, 0.6) is 0 Å². The number of rotatable bonds is 4. The van der Waals surface area contributed by atoms with Crippen LogP contribution in [0.15, 0.2) is 48.5 Å². The maximum atomic E-state index is 11.2. The highest BCUT2D eigenvalue weighted by Gasteiger charge is 2.11. The standard InChI is InChI=1S/C15H11N3O3/c19-9-14-15(12-3-1-2-4-13(12)17-14)16-10-5-7-11(8-6-10)18(20)21/h1-9,16-17H. The molecule has 0 atom stereocenters. The van der Waals surface area contributed by atoms with Crippen LogP contribution in [0, 0.1) is 10.1 Å². The topological polar surface area (TPSA) is 88.0 Å². The molecule has 1 heterocycles. The number of para-hydroxylation sites is 1. The van der Waals surface area contributed by atoms with E-state index in [1.165, 1.54) is 12.1 Å². The Morgan fingerprint density at radius 1 is 1.10 bits per heavy atom. The number of benzene rings is 2. The summed E-state index contributed by atoms with van der Waals surface area (Å²) in [6.07, 6.45) is 0.744. The lowest BCUT2D eigenvalue weighted by molar-refractivity contribution is -0.384. The Bertz CT molecular complexity index is 822. The van der Waals surface area contributed by atoms with Gasteiger partial charge in [0.15, 0.2) is 6.29 Å². The summed E-state index contributed by atoms with van der Waals surface area (Å²) in [5, 5.41) is 14.7. The molecular weight excluding hydrogens is 270 g/mol. The quantitative estimate of drug-likeness (QED) is 0.434. The number of carbonyl (C=O) groups excluding carboxylic acids is 1. The van der Waals surface area contributed by atoms with E-state index < -0.39 is 4.92 Å². The first-order valence-corrected chi connectivity index (χ1v) is 6.26. The molecule has 0 unspecified atom stereocenters. The molecule has 0 radical (unpaired) electrons. The first kappa shape index (κ1) is 12.9. The fraction of sp³-hybridized carbons (Fsp3) is 0. The van der Waals surface area contributed by atoms with E-state index in [0.717, 1.165) is 17.2 Å². The highest BCUT2D eigenvalue weighted by molar-refractivity contribution is 6.03. The Hall–Kier alpha value is -3.15. The van der Waals surface area contributed by atoms with Crippen molar-refractivity contribution in [3.63, 3.8) is 0 Å². The zero-order valence-electron chi connectivity index (χ0n) is 10.9. The molecule has 0 bridgehead atoms. The third kappa shape index (κ3) is 2.34. The Kier molecular flexibility index (Phi) is 3.12. The Labute approximate surface area is 119 Å². The fourth-order valence-electron chi connectivity index (χ4n) is 2.20. The van der Waals surface area contributed by atoms with Crippen molar-refractivity contribution >= 4 is 34.3 Å². The van der Waals surface area contributed by atoms with Gasteiger partial charge in [0.2, 0.25) is 0 Å². The van der Waals surface area contributed by atoms with Gasteiger partial charge >= 0.3 is 0 Å². The van der Waals surface area contributed by atoms with Crippen LogP contribution in [0.25, 0.3) is 10.9 Å². The number of aromatic amines is 1. The molecule has 1 aromatic heterocycles. The summed E-state index contributed by atoms with van der Waals surface area (Å²) in [6.45, 7) is 0. The van der Waals surface area contributed by atoms with E-state index in [1.807, 2.05) is 24.3 Å². The van der Waals surface area contributed by atoms with Crippen molar-refractivity contribution in [2.45, 2.75) is 0 Å². The van der Waals surface area contributed by atoms with Gasteiger partial charge in [-0.2, -0.15) is 0 Å². The Morgan fingerprint density at radius 3 is 2.48 bits per heavy atom. The van der Waals surface area contributed by atoms with E-state index in [-0.39, 0.29) is 5.69 Å². The van der Waals surface area contributed by atoms with Crippen LogP contribution in [0.4, 0.5) is 17.1 Å². The molecule has 0 amide bonds. The van der Waals surface area contributed by atoms with Crippen molar-refractivity contribution in [3.8, 4) is 0 Å². The Balaban J connectivity index is 2.01. The largest absolute Gasteiger partial charge is 0.353 e. The summed E-state index contributed by atoms with van der Waals surface area (Å²) in [5.41, 5.74) is 2.65. The molecule has 104 valence electrons. The first-order valence-electron chi connectivity index (χ1n) is 6.26. The van der Waals surface area contributed by atoms with Gasteiger partial charge in [0.05, 0.1) is 10.6 Å². The zero-order valence-corrected chi connectivity index (χ0v) is 10.9. The number of hydrogen-bond donors (Lipinski definition) is 2. The average molecular weight is 281 g/mol. The van der Waals surface area contributed by atoms with Gasteiger partial charge in [0.1, 0.15) is 5.69 Å². The van der Waals surface area contributed by atoms with E-state index in [1.54, 1.807) is 12.1 Å². The Morgan fingerprint density at radius 2 is 1.81 bits per heavy atom. The highest BCUT2D eigenvalue weighted by Crippen LogP contribution is 2.30. The second kappa shape index (κ2) is 5.09. The van der Waals surface area contributed by atoms with Crippen LogP contribution in [0.2, 0.25) is 0 Å². The van der Waals surface area contributed by atoms with Crippen LogP contribution < -0.4 is 5.32 Å². The number of nitro groups is 1. The van der Waals surface area contributed by atoms with Crippen LogP contribution in [-0.2, 0) is 0 Å². The molecule has 0 aliphatic heterocycles. The zero-order chi connectivity index (χ0) is 14.8. The van der Waals surface area contributed by atoms with Crippen molar-refractivity contribution in [2.75, 3.05) is 5.32 Å². The number of non-ortho nitro benzene ring substituents is 1. The predicted molar refractivity (Wildman–Crippen MR) is 80.1 cm³/mol. The predicted octanol–water partition coefficient (Wildman–Crippen LogP) is 3.63. The molecular formula is C15H11N3O3. The average Bonchev–Trinajstić information content (AvgIpc) is 2.86. The lowest BCUT2D eigenvalue weighted by atomic mass is 10.2. The lowest BCUT2D eigenvalue weighted by Crippen LogP contribution is -1.94. The van der Waals surface area contributed by atoms with Crippen molar-refractivity contribution < 1.29 is 9.72 Å². The number of nitrogens with zero attached hydrogens (tertiary/aromatic N) is 1. The minimum atomic E-state index is -0.452. The van der Waals surface area contributed by atoms with E-state index in [9.17, 15) is 14.9 Å². The van der Waals surface area contributed by atoms with Gasteiger partial charge in [-0.1, -0.05) is 18.2 Å². The van der Waals surface area contributed by atoms with Crippen LogP contribution >= 0.6 is 0 Å². The van der Waals surface area contributed by atoms with Gasteiger partial charge < -0.3 is 10.3 Å². The number of nitrogens with one attached hydrogen (secondary N) is 2. The summed E-state index contributed by atoms with van der Waals surface area (Å²) in [5.74, 6) is 0. The number of H-pyrrole nitrogens is 1. The molecule has 0 spiro atoms. The second-order valence-electron chi connectivity index (χ2n) is 4.51. The van der Waals surface area contributed by atoms with E-state index >= 15 is 0 Å². The molecule has 3 rings (SSSR count). The number of carbonyl (C=O) groups is 1. The SMILES string of the molecule is O=Cc1[nH]c2ccccc2c1Nc1ccc([N+](=O)[O-])cc1. The number of aromatic nitrogens is 1. The molecule has 21 heavy (non-hydrogen) atoms. The third-order valence-electron chi connectivity index (χ3n) is 3.20. The molecule has 6 heteroatoms. The lowest BCUT2D eigenvalue weighted by Gasteiger charge is -2.05. The van der Waals surface area contributed by atoms with Crippen LogP contribution in [0.1, 0.15) is 10.5 Å². The van der Waals surface area contributed by atoms with Gasteiger partial charge in [0.25, 0.3) is 5.69 Å². The third-order valence-corrected chi connectivity index (χ3v) is 3.20. The first-order chi connectivity index (χ1) is 10.2. The normalized spacial score (nSPS) is 10.5. The molecule has 2 aromatic carbocycles. The molecule has 0 saturated carbocycles. The van der Waals surface area contributed by atoms with Gasteiger partial charge in [-0.15, -0.1) is 0 Å². The van der Waals surface area contributed by atoms with Gasteiger partial charge in [-0.3, -0.25) is 14.9 Å². The van der Waals surface area contributed by atoms with Crippen LogP contribution in [-0.4, -0.2) is 16.2 Å². The molecule has 0 aliphatic carbocycles.